The maximum Gasteiger partial charge on any atom is 0.318 e. The number of nitrogens with one attached hydrogen (secondary N) is 3. The van der Waals surface area contributed by atoms with Crippen LogP contribution in [0, 0.1) is 39.9 Å². The number of amides is 5. The van der Waals surface area contributed by atoms with Crippen molar-refractivity contribution in [1.82, 2.24) is 25.8 Å². The SMILES string of the molecule is CC(C)(C)[C@H](NC(=O)N1CC2(CCCO2)C1)C(=O)N1C[C@H]2[C@@H]([C@H]1C(=O)N[C@H](C#N)C[C@@H]1CC3(CC3)NC1=O)C2(C)C. The van der Waals surface area contributed by atoms with Gasteiger partial charge >= 0.3 is 6.03 Å². The Morgan fingerprint density at radius 1 is 1.17 bits per heavy atom. The highest BCUT2D eigenvalue weighted by Crippen LogP contribution is 2.65. The molecule has 6 fully saturated rings. The minimum absolute atomic E-state index is 0.0265. The first-order chi connectivity index (χ1) is 19.2. The minimum atomic E-state index is -0.823. The van der Waals surface area contributed by atoms with Gasteiger partial charge in [0.1, 0.15) is 23.7 Å². The molecule has 11 nitrogen and oxygen atoms in total. The summed E-state index contributed by atoms with van der Waals surface area (Å²) in [5.41, 5.74) is -1.03. The third kappa shape index (κ3) is 4.86. The second-order valence-electron chi connectivity index (χ2n) is 15.2. The molecule has 11 heteroatoms. The zero-order valence-corrected chi connectivity index (χ0v) is 24.9. The van der Waals surface area contributed by atoms with Gasteiger partial charge in [-0.25, -0.2) is 4.79 Å². The van der Waals surface area contributed by atoms with Crippen LogP contribution in [0.4, 0.5) is 4.79 Å². The lowest BCUT2D eigenvalue weighted by Crippen LogP contribution is -2.67. The number of carbonyl (C=O) groups excluding carboxylic acids is 4. The number of hydrogen-bond donors (Lipinski definition) is 3. The van der Waals surface area contributed by atoms with Crippen molar-refractivity contribution in [2.45, 2.75) is 102 Å². The first-order valence-corrected chi connectivity index (χ1v) is 15.2. The molecule has 0 radical (unpaired) electrons. The zero-order chi connectivity index (χ0) is 29.5. The number of carbonyl (C=O) groups is 4. The molecule has 6 atom stereocenters. The summed E-state index contributed by atoms with van der Waals surface area (Å²) in [5.74, 6) is -0.838. The molecule has 224 valence electrons. The molecule has 5 amide bonds. The van der Waals surface area contributed by atoms with Gasteiger partial charge in [0.15, 0.2) is 0 Å². The molecule has 4 aliphatic heterocycles. The average Bonchev–Trinajstić information content (AvgIpc) is 3.43. The maximum absolute atomic E-state index is 14.1. The van der Waals surface area contributed by atoms with Gasteiger partial charge in [0.2, 0.25) is 17.7 Å². The summed E-state index contributed by atoms with van der Waals surface area (Å²) < 4.78 is 5.85. The van der Waals surface area contributed by atoms with Crippen LogP contribution in [0.2, 0.25) is 0 Å². The van der Waals surface area contributed by atoms with Gasteiger partial charge in [-0.2, -0.15) is 5.26 Å². The summed E-state index contributed by atoms with van der Waals surface area (Å²) in [4.78, 5) is 56.9. The van der Waals surface area contributed by atoms with Crippen molar-refractivity contribution in [1.29, 1.82) is 5.26 Å². The Morgan fingerprint density at radius 3 is 2.44 bits per heavy atom. The molecule has 0 aromatic rings. The first-order valence-electron chi connectivity index (χ1n) is 15.2. The van der Waals surface area contributed by atoms with Gasteiger partial charge in [-0.3, -0.25) is 14.4 Å². The smallest absolute Gasteiger partial charge is 0.318 e. The Balaban J connectivity index is 1.14. The van der Waals surface area contributed by atoms with E-state index < -0.39 is 23.5 Å². The van der Waals surface area contributed by atoms with Crippen LogP contribution in [-0.2, 0) is 19.1 Å². The van der Waals surface area contributed by atoms with Crippen LogP contribution >= 0.6 is 0 Å². The summed E-state index contributed by atoms with van der Waals surface area (Å²) in [7, 11) is 0. The predicted molar refractivity (Wildman–Crippen MR) is 148 cm³/mol. The maximum atomic E-state index is 14.1. The second-order valence-corrected chi connectivity index (χ2v) is 15.2. The lowest BCUT2D eigenvalue weighted by atomic mass is 9.85. The van der Waals surface area contributed by atoms with Gasteiger partial charge in [0, 0.05) is 24.6 Å². The van der Waals surface area contributed by atoms with Gasteiger partial charge in [-0.1, -0.05) is 34.6 Å². The van der Waals surface area contributed by atoms with E-state index in [9.17, 15) is 24.4 Å². The van der Waals surface area contributed by atoms with E-state index in [4.69, 9.17) is 4.74 Å². The largest absolute Gasteiger partial charge is 0.371 e. The molecule has 2 spiro atoms. The van der Waals surface area contributed by atoms with Crippen molar-refractivity contribution in [2.75, 3.05) is 26.2 Å². The number of ether oxygens (including phenoxy) is 1. The summed E-state index contributed by atoms with van der Waals surface area (Å²) in [5, 5.41) is 18.8. The molecule has 6 rings (SSSR count). The fraction of sp³-hybridized carbons (Fsp3) is 0.833. The third-order valence-electron chi connectivity index (χ3n) is 10.8. The van der Waals surface area contributed by atoms with E-state index in [0.717, 1.165) is 32.3 Å². The van der Waals surface area contributed by atoms with Crippen molar-refractivity contribution in [2.24, 2.45) is 28.6 Å². The van der Waals surface area contributed by atoms with Gasteiger partial charge < -0.3 is 30.5 Å². The highest BCUT2D eigenvalue weighted by Gasteiger charge is 2.70. The van der Waals surface area contributed by atoms with Crippen molar-refractivity contribution in [3.8, 4) is 6.07 Å². The molecule has 4 heterocycles. The second kappa shape index (κ2) is 9.32. The van der Waals surface area contributed by atoms with E-state index in [2.05, 4.69) is 35.9 Å². The van der Waals surface area contributed by atoms with Crippen molar-refractivity contribution in [3.63, 3.8) is 0 Å². The molecule has 2 saturated carbocycles. The van der Waals surface area contributed by atoms with E-state index in [1.807, 2.05) is 20.8 Å². The van der Waals surface area contributed by atoms with E-state index in [1.54, 1.807) is 9.80 Å². The Bertz CT molecular complexity index is 1180. The monoisotopic (exact) mass is 568 g/mol. The summed E-state index contributed by atoms with van der Waals surface area (Å²) in [6.07, 6.45) is 4.83. The molecule has 41 heavy (non-hydrogen) atoms. The van der Waals surface area contributed by atoms with Crippen LogP contribution in [-0.4, -0.2) is 89.1 Å². The van der Waals surface area contributed by atoms with E-state index in [-0.39, 0.29) is 64.5 Å². The summed E-state index contributed by atoms with van der Waals surface area (Å²) >= 11 is 0. The molecule has 0 aromatic carbocycles. The third-order valence-corrected chi connectivity index (χ3v) is 10.8. The molecule has 0 unspecified atom stereocenters. The Hall–Kier alpha value is -2.87. The van der Waals surface area contributed by atoms with Crippen molar-refractivity contribution >= 4 is 23.8 Å². The standard InChI is InChI=1S/C30H44N6O5/c1-27(2,3)22(33-26(40)35-15-30(16-35)7-6-10-41-30)25(39)36-14-19-20(28(19,4)5)21(36)24(38)32-18(13-31)11-17-12-29(8-9-29)34-23(17)37/h17-22H,6-12,14-16H2,1-5H3,(H,32,38)(H,33,40)(H,34,37)/t17-,18+,19+,20+,21+,22-/m1/s1. The number of piperidine rings is 1. The lowest BCUT2D eigenvalue weighted by molar-refractivity contribution is -0.144. The molecule has 0 aromatic heterocycles. The number of fused-ring (bicyclic) bond motifs is 1. The number of nitrogens with zero attached hydrogens (tertiary/aromatic N) is 3. The summed E-state index contributed by atoms with van der Waals surface area (Å²) in [6, 6.07) is -0.491. The van der Waals surface area contributed by atoms with Crippen LogP contribution < -0.4 is 16.0 Å². The van der Waals surface area contributed by atoms with Crippen LogP contribution in [0.25, 0.3) is 0 Å². The lowest BCUT2D eigenvalue weighted by Gasteiger charge is -2.47. The fourth-order valence-electron chi connectivity index (χ4n) is 7.97. The van der Waals surface area contributed by atoms with E-state index in [1.165, 1.54) is 0 Å². The molecule has 6 aliphatic rings. The van der Waals surface area contributed by atoms with Crippen LogP contribution in [0.3, 0.4) is 0 Å². The quantitative estimate of drug-likeness (QED) is 0.443. The molecule has 2 aliphatic carbocycles. The Labute approximate surface area is 242 Å². The number of rotatable bonds is 6. The van der Waals surface area contributed by atoms with Crippen LogP contribution in [0.15, 0.2) is 0 Å². The summed E-state index contributed by atoms with van der Waals surface area (Å²) in [6.45, 7) is 12.1. The average molecular weight is 569 g/mol. The van der Waals surface area contributed by atoms with Gasteiger partial charge in [0.25, 0.3) is 0 Å². The van der Waals surface area contributed by atoms with Gasteiger partial charge in [-0.05, 0) is 61.2 Å². The molecule has 4 saturated heterocycles. The number of likely N-dealkylation sites (tertiary alicyclic amines) is 2. The zero-order valence-electron chi connectivity index (χ0n) is 24.9. The number of nitriles is 1. The van der Waals surface area contributed by atoms with Crippen molar-refractivity contribution < 1.29 is 23.9 Å². The number of urea groups is 1. The molecular weight excluding hydrogens is 524 g/mol. The highest BCUT2D eigenvalue weighted by molar-refractivity contribution is 5.94. The predicted octanol–water partition coefficient (Wildman–Crippen LogP) is 1.53. The van der Waals surface area contributed by atoms with Crippen LogP contribution in [0.5, 0.6) is 0 Å². The Morgan fingerprint density at radius 2 is 1.88 bits per heavy atom. The number of hydrogen-bond acceptors (Lipinski definition) is 6. The Kier molecular flexibility index (Phi) is 6.42. The first kappa shape index (κ1) is 28.3. The van der Waals surface area contributed by atoms with Gasteiger partial charge in [-0.15, -0.1) is 0 Å². The molecular formula is C30H44N6O5. The van der Waals surface area contributed by atoms with E-state index in [0.29, 0.717) is 26.1 Å². The minimum Gasteiger partial charge on any atom is -0.371 e. The van der Waals surface area contributed by atoms with Crippen molar-refractivity contribution in [3.05, 3.63) is 0 Å². The van der Waals surface area contributed by atoms with Gasteiger partial charge in [0.05, 0.1) is 19.2 Å². The highest BCUT2D eigenvalue weighted by atomic mass is 16.5. The fourth-order valence-corrected chi connectivity index (χ4v) is 7.97. The molecule has 3 N–H and O–H groups in total. The van der Waals surface area contributed by atoms with E-state index >= 15 is 0 Å². The molecule has 0 bridgehead atoms. The van der Waals surface area contributed by atoms with Crippen LogP contribution in [0.1, 0.15) is 73.1 Å². The normalized spacial score (nSPS) is 32.9. The topological polar surface area (TPSA) is 144 Å².